The molecule has 2 unspecified atom stereocenters. The van der Waals surface area contributed by atoms with Gasteiger partial charge in [-0.15, -0.1) is 0 Å². The number of ether oxygens (including phenoxy) is 3. The Bertz CT molecular complexity index is 1060. The minimum absolute atomic E-state index is 0.0367. The number of benzene rings is 2. The lowest BCUT2D eigenvalue weighted by Crippen LogP contribution is -2.33. The number of nitrogens with zero attached hydrogens (tertiary/aromatic N) is 2. The summed E-state index contributed by atoms with van der Waals surface area (Å²) >= 11 is 6.18. The van der Waals surface area contributed by atoms with Gasteiger partial charge in [0.2, 0.25) is 17.5 Å². The van der Waals surface area contributed by atoms with E-state index in [1.807, 2.05) is 13.8 Å². The quantitative estimate of drug-likeness (QED) is 0.484. The van der Waals surface area contributed by atoms with Crippen LogP contribution in [0.25, 0.3) is 11.4 Å². The van der Waals surface area contributed by atoms with Crippen molar-refractivity contribution in [3.8, 4) is 28.6 Å². The van der Waals surface area contributed by atoms with Crippen LogP contribution in [-0.4, -0.2) is 37.4 Å². The molecule has 0 radical (unpaired) electrons. The molecule has 1 amide bonds. The lowest BCUT2D eigenvalue weighted by Gasteiger charge is -2.21. The second-order valence-corrected chi connectivity index (χ2v) is 7.59. The van der Waals surface area contributed by atoms with Crippen molar-refractivity contribution in [1.82, 2.24) is 15.5 Å². The molecule has 0 fully saturated rings. The van der Waals surface area contributed by atoms with E-state index in [-0.39, 0.29) is 11.8 Å². The molecule has 1 aromatic heterocycles. The van der Waals surface area contributed by atoms with Gasteiger partial charge in [-0.2, -0.15) is 4.98 Å². The highest BCUT2D eigenvalue weighted by Crippen LogP contribution is 2.40. The van der Waals surface area contributed by atoms with Gasteiger partial charge in [0.1, 0.15) is 6.04 Å². The van der Waals surface area contributed by atoms with Gasteiger partial charge in [-0.1, -0.05) is 49.2 Å². The molecule has 0 saturated heterocycles. The average molecular weight is 460 g/mol. The molecule has 3 aromatic rings. The van der Waals surface area contributed by atoms with Gasteiger partial charge in [-0.25, -0.2) is 0 Å². The number of carbonyl (C=O) groups excluding carboxylic acids is 1. The molecule has 0 saturated carbocycles. The predicted octanol–water partition coefficient (Wildman–Crippen LogP) is 4.93. The number of nitrogens with one attached hydrogen (secondary N) is 1. The summed E-state index contributed by atoms with van der Waals surface area (Å²) in [5.74, 6) is 1.76. The van der Waals surface area contributed by atoms with E-state index in [4.69, 9.17) is 30.3 Å². The van der Waals surface area contributed by atoms with Crippen molar-refractivity contribution < 1.29 is 23.5 Å². The maximum atomic E-state index is 12.9. The smallest absolute Gasteiger partial charge is 0.253 e. The molecule has 3 rings (SSSR count). The fraction of sp³-hybridized carbons (Fsp3) is 0.348. The topological polar surface area (TPSA) is 95.7 Å². The molecule has 2 aromatic carbocycles. The van der Waals surface area contributed by atoms with Crippen LogP contribution in [0.2, 0.25) is 5.02 Å². The van der Waals surface area contributed by atoms with Gasteiger partial charge in [0, 0.05) is 5.56 Å². The summed E-state index contributed by atoms with van der Waals surface area (Å²) in [6.45, 7) is 4.02. The van der Waals surface area contributed by atoms with E-state index in [2.05, 4.69) is 15.5 Å². The lowest BCUT2D eigenvalue weighted by atomic mass is 9.98. The van der Waals surface area contributed by atoms with Gasteiger partial charge in [-0.3, -0.25) is 4.79 Å². The van der Waals surface area contributed by atoms with E-state index in [1.165, 1.54) is 21.3 Å². The summed E-state index contributed by atoms with van der Waals surface area (Å²) in [6, 6.07) is 9.84. The van der Waals surface area contributed by atoms with Crippen LogP contribution in [0.5, 0.6) is 17.2 Å². The first-order valence-electron chi connectivity index (χ1n) is 10.1. The minimum atomic E-state index is -0.493. The van der Waals surface area contributed by atoms with Crippen molar-refractivity contribution in [3.63, 3.8) is 0 Å². The highest BCUT2D eigenvalue weighted by atomic mass is 35.5. The number of rotatable bonds is 9. The van der Waals surface area contributed by atoms with Gasteiger partial charge in [0.15, 0.2) is 11.5 Å². The maximum Gasteiger partial charge on any atom is 0.253 e. The van der Waals surface area contributed by atoms with Crippen LogP contribution in [0.1, 0.15) is 42.6 Å². The van der Waals surface area contributed by atoms with Gasteiger partial charge in [0.05, 0.1) is 31.9 Å². The Kier molecular flexibility index (Phi) is 7.58. The third-order valence-corrected chi connectivity index (χ3v) is 5.58. The number of methoxy groups -OCH3 is 3. The second kappa shape index (κ2) is 10.4. The van der Waals surface area contributed by atoms with E-state index >= 15 is 0 Å². The first-order valence-corrected chi connectivity index (χ1v) is 10.5. The molecule has 0 spiro atoms. The number of halogens is 1. The molecule has 0 aliphatic heterocycles. The van der Waals surface area contributed by atoms with Crippen molar-refractivity contribution in [3.05, 3.63) is 52.9 Å². The third kappa shape index (κ3) is 4.80. The fourth-order valence-electron chi connectivity index (χ4n) is 3.24. The molecule has 9 heteroatoms. The van der Waals surface area contributed by atoms with Crippen LogP contribution in [0.4, 0.5) is 0 Å². The van der Waals surface area contributed by atoms with Crippen molar-refractivity contribution >= 4 is 17.5 Å². The molecular weight excluding hydrogens is 434 g/mol. The predicted molar refractivity (Wildman–Crippen MR) is 121 cm³/mol. The minimum Gasteiger partial charge on any atom is -0.493 e. The largest absolute Gasteiger partial charge is 0.493 e. The van der Waals surface area contributed by atoms with Crippen LogP contribution >= 0.6 is 11.6 Å². The van der Waals surface area contributed by atoms with Crippen molar-refractivity contribution in [2.24, 2.45) is 5.92 Å². The van der Waals surface area contributed by atoms with E-state index in [0.29, 0.717) is 45.1 Å². The molecule has 2 atom stereocenters. The summed E-state index contributed by atoms with van der Waals surface area (Å²) in [5, 5.41) is 7.46. The van der Waals surface area contributed by atoms with Gasteiger partial charge < -0.3 is 24.1 Å². The normalized spacial score (nSPS) is 12.7. The Morgan fingerprint density at radius 2 is 1.78 bits per heavy atom. The number of amides is 1. The summed E-state index contributed by atoms with van der Waals surface area (Å²) < 4.78 is 21.7. The van der Waals surface area contributed by atoms with E-state index in [0.717, 1.165) is 6.42 Å². The van der Waals surface area contributed by atoms with Crippen LogP contribution < -0.4 is 19.5 Å². The zero-order valence-electron chi connectivity index (χ0n) is 18.6. The molecule has 0 aliphatic rings. The Morgan fingerprint density at radius 1 is 1.12 bits per heavy atom. The third-order valence-electron chi connectivity index (χ3n) is 5.25. The Hall–Kier alpha value is -3.26. The molecule has 1 heterocycles. The Morgan fingerprint density at radius 3 is 2.34 bits per heavy atom. The molecule has 8 nitrogen and oxygen atoms in total. The molecular formula is C23H26ClN3O5. The molecule has 0 bridgehead atoms. The summed E-state index contributed by atoms with van der Waals surface area (Å²) in [5.41, 5.74) is 1.00. The van der Waals surface area contributed by atoms with Gasteiger partial charge >= 0.3 is 0 Å². The first kappa shape index (κ1) is 23.4. The molecule has 1 N–H and O–H groups in total. The second-order valence-electron chi connectivity index (χ2n) is 7.19. The van der Waals surface area contributed by atoms with Gasteiger partial charge in [0.25, 0.3) is 5.91 Å². The average Bonchev–Trinajstić information content (AvgIpc) is 3.31. The highest BCUT2D eigenvalue weighted by Gasteiger charge is 2.28. The standard InChI is InChI=1S/C23H26ClN3O5/c1-6-13(2)19(25-22(28)15-9-7-8-10-16(15)24)23-26-21(27-32-23)14-11-17(29-3)20(31-5)18(12-14)30-4/h7-13,19H,6H2,1-5H3,(H,25,28). The van der Waals surface area contributed by atoms with Gasteiger partial charge in [-0.05, 0) is 30.2 Å². The van der Waals surface area contributed by atoms with Crippen molar-refractivity contribution in [2.75, 3.05) is 21.3 Å². The maximum absolute atomic E-state index is 12.9. The Balaban J connectivity index is 1.94. The molecule has 170 valence electrons. The van der Waals surface area contributed by atoms with E-state index in [9.17, 15) is 4.79 Å². The van der Waals surface area contributed by atoms with E-state index < -0.39 is 6.04 Å². The van der Waals surface area contributed by atoms with E-state index in [1.54, 1.807) is 36.4 Å². The zero-order valence-corrected chi connectivity index (χ0v) is 19.4. The van der Waals surface area contributed by atoms with Crippen LogP contribution in [0.3, 0.4) is 0 Å². The van der Waals surface area contributed by atoms with Crippen LogP contribution in [-0.2, 0) is 0 Å². The fourth-order valence-corrected chi connectivity index (χ4v) is 3.46. The first-order chi connectivity index (χ1) is 15.4. The summed E-state index contributed by atoms with van der Waals surface area (Å²) in [7, 11) is 4.60. The molecule has 0 aliphatic carbocycles. The monoisotopic (exact) mass is 459 g/mol. The number of hydrogen-bond acceptors (Lipinski definition) is 7. The number of hydrogen-bond donors (Lipinski definition) is 1. The lowest BCUT2D eigenvalue weighted by molar-refractivity contribution is 0.0910. The van der Waals surface area contributed by atoms with Crippen LogP contribution in [0.15, 0.2) is 40.9 Å². The number of aromatic nitrogens is 2. The SMILES string of the molecule is CCC(C)C(NC(=O)c1ccccc1Cl)c1nc(-c2cc(OC)c(OC)c(OC)c2)no1. The molecule has 32 heavy (non-hydrogen) atoms. The summed E-state index contributed by atoms with van der Waals surface area (Å²) in [4.78, 5) is 17.4. The van der Waals surface area contributed by atoms with Crippen molar-refractivity contribution in [1.29, 1.82) is 0 Å². The van der Waals surface area contributed by atoms with Crippen molar-refractivity contribution in [2.45, 2.75) is 26.3 Å². The number of carbonyl (C=O) groups is 1. The Labute approximate surface area is 191 Å². The highest BCUT2D eigenvalue weighted by molar-refractivity contribution is 6.33. The summed E-state index contributed by atoms with van der Waals surface area (Å²) in [6.07, 6.45) is 0.787. The zero-order chi connectivity index (χ0) is 23.3. The van der Waals surface area contributed by atoms with Crippen LogP contribution in [0, 0.1) is 5.92 Å².